The second-order valence-corrected chi connectivity index (χ2v) is 6.71. The molecule has 0 saturated heterocycles. The molecule has 0 spiro atoms. The Balaban J connectivity index is 1.42. The van der Waals surface area contributed by atoms with Crippen molar-refractivity contribution >= 4 is 28.1 Å². The van der Waals surface area contributed by atoms with E-state index in [-0.39, 0.29) is 5.91 Å². The molecule has 0 atom stereocenters. The summed E-state index contributed by atoms with van der Waals surface area (Å²) in [5.41, 5.74) is 2.64. The van der Waals surface area contributed by atoms with E-state index in [1.54, 1.807) is 6.92 Å². The fourth-order valence-corrected chi connectivity index (χ4v) is 3.49. The summed E-state index contributed by atoms with van der Waals surface area (Å²) in [5, 5.41) is 6.07. The van der Waals surface area contributed by atoms with Gasteiger partial charge in [0.15, 0.2) is 5.69 Å². The molecule has 1 amide bonds. The molecule has 0 bridgehead atoms. The number of hydrogen-bond acceptors (Lipinski definition) is 4. The number of aryl methyl sites for hydroxylation is 1. The summed E-state index contributed by atoms with van der Waals surface area (Å²) in [7, 11) is 0. The summed E-state index contributed by atoms with van der Waals surface area (Å²) in [5.74, 6) is 0.825. The molecule has 0 aliphatic heterocycles. The molecule has 0 radical (unpaired) electrons. The minimum absolute atomic E-state index is 0.205. The van der Waals surface area contributed by atoms with Crippen LogP contribution < -0.4 is 5.32 Å². The Labute approximate surface area is 148 Å². The monoisotopic (exact) mass is 351 g/mol. The second kappa shape index (κ2) is 6.57. The number of nitrogens with zero attached hydrogens (tertiary/aromatic N) is 1. The van der Waals surface area contributed by atoms with Gasteiger partial charge in [0.2, 0.25) is 5.89 Å². The molecule has 0 aliphatic rings. The summed E-state index contributed by atoms with van der Waals surface area (Å²) < 4.78 is 5.62. The molecule has 0 aliphatic carbocycles. The Morgan fingerprint density at radius 1 is 1.28 bits per heavy atom. The zero-order valence-electron chi connectivity index (χ0n) is 13.7. The number of fused-ring (bicyclic) bond motifs is 1. The van der Waals surface area contributed by atoms with Crippen LogP contribution in [0.15, 0.2) is 52.4 Å². The Morgan fingerprint density at radius 3 is 3.00 bits per heavy atom. The van der Waals surface area contributed by atoms with Crippen LogP contribution in [0, 0.1) is 6.92 Å². The van der Waals surface area contributed by atoms with Gasteiger partial charge in [-0.2, -0.15) is 0 Å². The van der Waals surface area contributed by atoms with Gasteiger partial charge >= 0.3 is 0 Å². The number of carbonyl (C=O) groups excluding carboxylic acids is 1. The normalized spacial score (nSPS) is 11.1. The molecule has 6 heteroatoms. The van der Waals surface area contributed by atoms with Gasteiger partial charge in [0.05, 0.1) is 4.88 Å². The van der Waals surface area contributed by atoms with Gasteiger partial charge < -0.3 is 14.7 Å². The van der Waals surface area contributed by atoms with E-state index < -0.39 is 0 Å². The largest absolute Gasteiger partial charge is 0.440 e. The third-order valence-corrected chi connectivity index (χ3v) is 4.96. The van der Waals surface area contributed by atoms with E-state index in [9.17, 15) is 4.79 Å². The van der Waals surface area contributed by atoms with Crippen LogP contribution >= 0.6 is 11.3 Å². The molecule has 5 nitrogen and oxygen atoms in total. The first-order valence-electron chi connectivity index (χ1n) is 8.07. The fraction of sp³-hybridized carbons (Fsp3) is 0.158. The highest BCUT2D eigenvalue weighted by Gasteiger charge is 2.18. The molecule has 126 valence electrons. The topological polar surface area (TPSA) is 70.9 Å². The van der Waals surface area contributed by atoms with Crippen molar-refractivity contribution in [1.29, 1.82) is 0 Å². The van der Waals surface area contributed by atoms with Crippen molar-refractivity contribution in [3.05, 3.63) is 65.0 Å². The van der Waals surface area contributed by atoms with Crippen molar-refractivity contribution < 1.29 is 9.21 Å². The average Bonchev–Trinajstić information content (AvgIpc) is 3.34. The molecule has 1 aromatic carbocycles. The molecular formula is C19H17N3O2S. The number of para-hydroxylation sites is 1. The third-order valence-electron chi connectivity index (χ3n) is 4.10. The highest BCUT2D eigenvalue weighted by Crippen LogP contribution is 2.25. The summed E-state index contributed by atoms with van der Waals surface area (Å²) in [6.45, 7) is 2.31. The van der Waals surface area contributed by atoms with E-state index in [0.717, 1.165) is 16.8 Å². The number of thiophene rings is 1. The summed E-state index contributed by atoms with van der Waals surface area (Å²) >= 11 is 1.54. The maximum absolute atomic E-state index is 12.4. The number of benzene rings is 1. The number of oxazole rings is 1. The van der Waals surface area contributed by atoms with Crippen LogP contribution in [0.3, 0.4) is 0 Å². The van der Waals surface area contributed by atoms with Gasteiger partial charge in [-0.15, -0.1) is 11.3 Å². The highest BCUT2D eigenvalue weighted by atomic mass is 32.1. The quantitative estimate of drug-likeness (QED) is 0.567. The maximum atomic E-state index is 12.4. The van der Waals surface area contributed by atoms with Gasteiger partial charge in [-0.05, 0) is 36.4 Å². The minimum Gasteiger partial charge on any atom is -0.440 e. The molecule has 0 fully saturated rings. The first-order chi connectivity index (χ1) is 12.2. The Bertz CT molecular complexity index is 1010. The molecule has 3 heterocycles. The van der Waals surface area contributed by atoms with Crippen molar-refractivity contribution in [2.24, 2.45) is 0 Å². The fourth-order valence-electron chi connectivity index (χ4n) is 2.85. The lowest BCUT2D eigenvalue weighted by Gasteiger charge is -2.03. The number of rotatable bonds is 5. The van der Waals surface area contributed by atoms with Gasteiger partial charge in [-0.3, -0.25) is 4.79 Å². The van der Waals surface area contributed by atoms with Crippen LogP contribution in [0.2, 0.25) is 0 Å². The van der Waals surface area contributed by atoms with E-state index in [1.807, 2.05) is 41.9 Å². The smallest absolute Gasteiger partial charge is 0.273 e. The van der Waals surface area contributed by atoms with Gasteiger partial charge in [0, 0.05) is 23.6 Å². The van der Waals surface area contributed by atoms with Crippen LogP contribution in [-0.4, -0.2) is 22.4 Å². The first kappa shape index (κ1) is 15.7. The van der Waals surface area contributed by atoms with E-state index >= 15 is 0 Å². The van der Waals surface area contributed by atoms with Crippen molar-refractivity contribution in [2.75, 3.05) is 6.54 Å². The van der Waals surface area contributed by atoms with E-state index in [1.165, 1.54) is 22.3 Å². The number of carbonyl (C=O) groups is 1. The molecule has 0 unspecified atom stereocenters. The Kier molecular flexibility index (Phi) is 4.11. The van der Waals surface area contributed by atoms with Gasteiger partial charge in [0.25, 0.3) is 5.91 Å². The van der Waals surface area contributed by atoms with E-state index in [2.05, 4.69) is 21.4 Å². The van der Waals surface area contributed by atoms with E-state index in [0.29, 0.717) is 23.9 Å². The molecule has 25 heavy (non-hydrogen) atoms. The van der Waals surface area contributed by atoms with Crippen molar-refractivity contribution in [3.63, 3.8) is 0 Å². The molecule has 4 aromatic rings. The highest BCUT2D eigenvalue weighted by molar-refractivity contribution is 7.13. The molecule has 2 N–H and O–H groups in total. The van der Waals surface area contributed by atoms with Crippen LogP contribution in [0.25, 0.3) is 21.7 Å². The van der Waals surface area contributed by atoms with Crippen LogP contribution in [0.1, 0.15) is 21.8 Å². The molecule has 4 rings (SSSR count). The number of hydrogen-bond donors (Lipinski definition) is 2. The second-order valence-electron chi connectivity index (χ2n) is 5.77. The molecule has 3 aromatic heterocycles. The van der Waals surface area contributed by atoms with Gasteiger partial charge in [-0.25, -0.2) is 4.98 Å². The maximum Gasteiger partial charge on any atom is 0.273 e. The predicted octanol–water partition coefficient (Wildman–Crippen LogP) is 4.17. The van der Waals surface area contributed by atoms with Gasteiger partial charge in [-0.1, -0.05) is 24.3 Å². The Morgan fingerprint density at radius 2 is 2.16 bits per heavy atom. The predicted molar refractivity (Wildman–Crippen MR) is 98.9 cm³/mol. The SMILES string of the molecule is Cc1oc(-c2cccs2)nc1C(=O)NCCc1c[nH]c2ccccc12. The number of H-pyrrole nitrogens is 1. The standard InChI is InChI=1S/C19H17N3O2S/c1-12-17(22-19(24-12)16-7-4-10-25-16)18(23)20-9-8-13-11-21-15-6-3-2-5-14(13)15/h2-7,10-11,21H,8-9H2,1H3,(H,20,23). The Hall–Kier alpha value is -2.86. The minimum atomic E-state index is -0.205. The van der Waals surface area contributed by atoms with Crippen molar-refractivity contribution in [1.82, 2.24) is 15.3 Å². The number of nitrogens with one attached hydrogen (secondary N) is 2. The van der Waals surface area contributed by atoms with Crippen LogP contribution in [0.5, 0.6) is 0 Å². The zero-order chi connectivity index (χ0) is 17.2. The lowest BCUT2D eigenvalue weighted by molar-refractivity contribution is 0.0948. The van der Waals surface area contributed by atoms with Crippen molar-refractivity contribution in [2.45, 2.75) is 13.3 Å². The van der Waals surface area contributed by atoms with Crippen LogP contribution in [-0.2, 0) is 6.42 Å². The zero-order valence-corrected chi connectivity index (χ0v) is 14.5. The summed E-state index contributed by atoms with van der Waals surface area (Å²) in [4.78, 5) is 20.9. The lowest BCUT2D eigenvalue weighted by atomic mass is 10.1. The lowest BCUT2D eigenvalue weighted by Crippen LogP contribution is -2.26. The summed E-state index contributed by atoms with van der Waals surface area (Å²) in [6.07, 6.45) is 2.75. The average molecular weight is 351 g/mol. The summed E-state index contributed by atoms with van der Waals surface area (Å²) in [6, 6.07) is 12.0. The third kappa shape index (κ3) is 3.08. The van der Waals surface area contributed by atoms with Crippen LogP contribution in [0.4, 0.5) is 0 Å². The van der Waals surface area contributed by atoms with Crippen molar-refractivity contribution in [3.8, 4) is 10.8 Å². The first-order valence-corrected chi connectivity index (χ1v) is 8.95. The molecular weight excluding hydrogens is 334 g/mol. The van der Waals surface area contributed by atoms with E-state index in [4.69, 9.17) is 4.42 Å². The number of aromatic nitrogens is 2. The van der Waals surface area contributed by atoms with Gasteiger partial charge in [0.1, 0.15) is 5.76 Å². The molecule has 0 saturated carbocycles. The number of aromatic amines is 1. The number of amides is 1.